The summed E-state index contributed by atoms with van der Waals surface area (Å²) in [6.07, 6.45) is 4.12. The van der Waals surface area contributed by atoms with Gasteiger partial charge in [-0.15, -0.1) is 0 Å². The predicted octanol–water partition coefficient (Wildman–Crippen LogP) is 3.55. The predicted molar refractivity (Wildman–Crippen MR) is 104 cm³/mol. The number of thioether (sulfide) groups is 1. The smallest absolute Gasteiger partial charge is 0.253 e. The minimum atomic E-state index is -0.577. The number of nitrogens with one attached hydrogen (secondary N) is 1. The van der Waals surface area contributed by atoms with Gasteiger partial charge in [-0.05, 0) is 58.6 Å². The molecule has 0 bridgehead atoms. The molecule has 1 unspecified atom stereocenters. The maximum absolute atomic E-state index is 12.8. The number of rotatable bonds is 8. The molecular formula is C18H21BrN2O3S. The monoisotopic (exact) mass is 424 g/mol. The van der Waals surface area contributed by atoms with Crippen molar-refractivity contribution in [3.8, 4) is 0 Å². The van der Waals surface area contributed by atoms with Crippen LogP contribution in [0.1, 0.15) is 22.5 Å². The zero-order valence-corrected chi connectivity index (χ0v) is 16.6. The number of carbonyl (C=O) groups excluding carboxylic acids is 2. The number of likely N-dealkylation sites (N-methyl/N-ethyl adjacent to an activating group) is 1. The molecule has 2 rings (SSSR count). The van der Waals surface area contributed by atoms with Gasteiger partial charge >= 0.3 is 0 Å². The van der Waals surface area contributed by atoms with Crippen LogP contribution in [0.5, 0.6) is 0 Å². The van der Waals surface area contributed by atoms with Gasteiger partial charge in [0.05, 0.1) is 18.4 Å². The van der Waals surface area contributed by atoms with Gasteiger partial charge < -0.3 is 14.6 Å². The SMILES string of the molecule is CSCCC(NC(=O)c1ccccc1Br)C(=O)N(C)Cc1ccco1. The Morgan fingerprint density at radius 2 is 2.04 bits per heavy atom. The Kier molecular flexibility index (Phi) is 7.58. The summed E-state index contributed by atoms with van der Waals surface area (Å²) in [5, 5.41) is 2.87. The lowest BCUT2D eigenvalue weighted by molar-refractivity contribution is -0.132. The molecule has 0 saturated heterocycles. The van der Waals surface area contributed by atoms with Gasteiger partial charge in [-0.1, -0.05) is 12.1 Å². The summed E-state index contributed by atoms with van der Waals surface area (Å²) < 4.78 is 5.99. The first-order valence-corrected chi connectivity index (χ1v) is 10.0. The third-order valence-corrected chi connectivity index (χ3v) is 5.02. The van der Waals surface area contributed by atoms with Crippen molar-refractivity contribution in [2.45, 2.75) is 19.0 Å². The number of nitrogens with zero attached hydrogens (tertiary/aromatic N) is 1. The second-order valence-electron chi connectivity index (χ2n) is 5.56. The van der Waals surface area contributed by atoms with Gasteiger partial charge in [0.25, 0.3) is 5.91 Å². The van der Waals surface area contributed by atoms with Gasteiger partial charge in [-0.25, -0.2) is 0 Å². The van der Waals surface area contributed by atoms with E-state index in [-0.39, 0.29) is 11.8 Å². The molecule has 1 N–H and O–H groups in total. The summed E-state index contributed by atoms with van der Waals surface area (Å²) in [5.74, 6) is 1.09. The lowest BCUT2D eigenvalue weighted by Crippen LogP contribution is -2.47. The number of hydrogen-bond donors (Lipinski definition) is 1. The van der Waals surface area contributed by atoms with Crippen molar-refractivity contribution < 1.29 is 14.0 Å². The molecule has 0 aliphatic rings. The van der Waals surface area contributed by atoms with Gasteiger partial charge in [-0.3, -0.25) is 9.59 Å². The molecule has 1 aromatic carbocycles. The lowest BCUT2D eigenvalue weighted by Gasteiger charge is -2.24. The first-order valence-electron chi connectivity index (χ1n) is 7.84. The molecule has 1 aromatic heterocycles. The van der Waals surface area contributed by atoms with Crippen molar-refractivity contribution in [3.05, 3.63) is 58.5 Å². The normalized spacial score (nSPS) is 11.8. The Morgan fingerprint density at radius 3 is 2.68 bits per heavy atom. The van der Waals surface area contributed by atoms with E-state index < -0.39 is 6.04 Å². The number of carbonyl (C=O) groups is 2. The standard InChI is InChI=1S/C18H21BrN2O3S/c1-21(12-13-6-5-10-24-13)18(23)16(9-11-25-2)20-17(22)14-7-3-4-8-15(14)19/h3-8,10,16H,9,11-12H2,1-2H3,(H,20,22). The Hall–Kier alpha value is -1.73. The van der Waals surface area contributed by atoms with Gasteiger partial charge in [0.1, 0.15) is 11.8 Å². The van der Waals surface area contributed by atoms with E-state index in [1.165, 1.54) is 0 Å². The highest BCUT2D eigenvalue weighted by Gasteiger charge is 2.25. The minimum absolute atomic E-state index is 0.133. The van der Waals surface area contributed by atoms with Crippen LogP contribution in [0.15, 0.2) is 51.6 Å². The second-order valence-corrected chi connectivity index (χ2v) is 7.40. The first-order chi connectivity index (χ1) is 12.0. The molecule has 0 saturated carbocycles. The van der Waals surface area contributed by atoms with E-state index in [2.05, 4.69) is 21.2 Å². The highest BCUT2D eigenvalue weighted by atomic mass is 79.9. The highest BCUT2D eigenvalue weighted by Crippen LogP contribution is 2.16. The maximum atomic E-state index is 12.8. The molecule has 0 spiro atoms. The quantitative estimate of drug-likeness (QED) is 0.703. The van der Waals surface area contributed by atoms with Crippen molar-refractivity contribution in [1.82, 2.24) is 10.2 Å². The average Bonchev–Trinajstić information content (AvgIpc) is 3.11. The van der Waals surface area contributed by atoms with E-state index in [9.17, 15) is 9.59 Å². The number of benzene rings is 1. The van der Waals surface area contributed by atoms with E-state index in [0.717, 1.165) is 5.75 Å². The summed E-state index contributed by atoms with van der Waals surface area (Å²) in [7, 11) is 1.71. The Bertz CT molecular complexity index is 706. The van der Waals surface area contributed by atoms with Crippen LogP contribution in [-0.2, 0) is 11.3 Å². The highest BCUT2D eigenvalue weighted by molar-refractivity contribution is 9.10. The van der Waals surface area contributed by atoms with Gasteiger partial charge in [0, 0.05) is 11.5 Å². The Morgan fingerprint density at radius 1 is 1.28 bits per heavy atom. The molecule has 0 fully saturated rings. The third kappa shape index (κ3) is 5.64. The zero-order chi connectivity index (χ0) is 18.2. The third-order valence-electron chi connectivity index (χ3n) is 3.68. The van der Waals surface area contributed by atoms with Crippen molar-refractivity contribution in [2.24, 2.45) is 0 Å². The second kappa shape index (κ2) is 9.68. The first kappa shape index (κ1) is 19.6. The van der Waals surface area contributed by atoms with Gasteiger partial charge in [0.2, 0.25) is 5.91 Å². The molecule has 7 heteroatoms. The minimum Gasteiger partial charge on any atom is -0.467 e. The fraction of sp³-hybridized carbons (Fsp3) is 0.333. The molecule has 25 heavy (non-hydrogen) atoms. The van der Waals surface area contributed by atoms with Crippen LogP contribution >= 0.6 is 27.7 Å². The molecule has 0 radical (unpaired) electrons. The Balaban J connectivity index is 2.07. The molecule has 2 aromatic rings. The number of furan rings is 1. The maximum Gasteiger partial charge on any atom is 0.253 e. The molecule has 134 valence electrons. The topological polar surface area (TPSA) is 62.6 Å². The van der Waals surface area contributed by atoms with Crippen LogP contribution in [0.25, 0.3) is 0 Å². The van der Waals surface area contributed by atoms with E-state index in [1.54, 1.807) is 54.2 Å². The van der Waals surface area contributed by atoms with E-state index in [4.69, 9.17) is 4.42 Å². The van der Waals surface area contributed by atoms with Crippen molar-refractivity contribution in [3.63, 3.8) is 0 Å². The number of amides is 2. The van der Waals surface area contributed by atoms with E-state index in [1.807, 2.05) is 18.4 Å². The summed E-state index contributed by atoms with van der Waals surface area (Å²) in [6.45, 7) is 0.368. The van der Waals surface area contributed by atoms with Crippen LogP contribution in [0.3, 0.4) is 0 Å². The zero-order valence-electron chi connectivity index (χ0n) is 14.2. The van der Waals surface area contributed by atoms with Crippen LogP contribution in [0, 0.1) is 0 Å². The fourth-order valence-electron chi connectivity index (χ4n) is 2.35. The molecule has 0 aliphatic heterocycles. The number of hydrogen-bond acceptors (Lipinski definition) is 4. The fourth-order valence-corrected chi connectivity index (χ4v) is 3.29. The summed E-state index contributed by atoms with van der Waals surface area (Å²) >= 11 is 5.01. The summed E-state index contributed by atoms with van der Waals surface area (Å²) in [4.78, 5) is 26.9. The van der Waals surface area contributed by atoms with E-state index >= 15 is 0 Å². The van der Waals surface area contributed by atoms with Crippen LogP contribution in [0.4, 0.5) is 0 Å². The van der Waals surface area contributed by atoms with Crippen LogP contribution in [-0.4, -0.2) is 41.8 Å². The van der Waals surface area contributed by atoms with Gasteiger partial charge in [-0.2, -0.15) is 11.8 Å². The lowest BCUT2D eigenvalue weighted by atomic mass is 10.1. The molecular weight excluding hydrogens is 404 g/mol. The number of halogens is 1. The Labute approximate surface area is 160 Å². The molecule has 5 nitrogen and oxygen atoms in total. The molecule has 1 heterocycles. The molecule has 1 atom stereocenters. The van der Waals surface area contributed by atoms with Crippen LogP contribution in [0.2, 0.25) is 0 Å². The van der Waals surface area contributed by atoms with Gasteiger partial charge in [0.15, 0.2) is 0 Å². The van der Waals surface area contributed by atoms with Crippen molar-refractivity contribution in [2.75, 3.05) is 19.1 Å². The molecule has 2 amide bonds. The average molecular weight is 425 g/mol. The molecule has 0 aliphatic carbocycles. The summed E-state index contributed by atoms with van der Waals surface area (Å²) in [5.41, 5.74) is 0.512. The van der Waals surface area contributed by atoms with Crippen molar-refractivity contribution >= 4 is 39.5 Å². The van der Waals surface area contributed by atoms with Crippen LogP contribution < -0.4 is 5.32 Å². The van der Waals surface area contributed by atoms with E-state index in [0.29, 0.717) is 28.8 Å². The van der Waals surface area contributed by atoms with Crippen molar-refractivity contribution in [1.29, 1.82) is 0 Å². The largest absolute Gasteiger partial charge is 0.467 e. The summed E-state index contributed by atoms with van der Waals surface area (Å²) in [6, 6.07) is 10.2.